The van der Waals surface area contributed by atoms with E-state index in [1.807, 2.05) is 13.8 Å². The number of rotatable bonds is 7. The number of hydrogen-bond acceptors (Lipinski definition) is 2. The third kappa shape index (κ3) is 4.03. The van der Waals surface area contributed by atoms with Crippen molar-refractivity contribution in [3.8, 4) is 0 Å². The number of halogens is 2. The van der Waals surface area contributed by atoms with Crippen LogP contribution in [0, 0.1) is 11.6 Å². The van der Waals surface area contributed by atoms with Crippen molar-refractivity contribution in [2.45, 2.75) is 38.8 Å². The molecule has 0 aliphatic heterocycles. The van der Waals surface area contributed by atoms with Crippen molar-refractivity contribution in [2.24, 2.45) is 0 Å². The van der Waals surface area contributed by atoms with Crippen molar-refractivity contribution >= 4 is 0 Å². The molecule has 0 aliphatic carbocycles. The maximum absolute atomic E-state index is 13.8. The molecular formula is C14H21F2NO. The van der Waals surface area contributed by atoms with E-state index in [1.165, 1.54) is 6.07 Å². The van der Waals surface area contributed by atoms with Gasteiger partial charge in [-0.05, 0) is 32.4 Å². The first-order valence-corrected chi connectivity index (χ1v) is 6.30. The summed E-state index contributed by atoms with van der Waals surface area (Å²) in [4.78, 5) is 0. The zero-order valence-corrected chi connectivity index (χ0v) is 11.2. The molecule has 18 heavy (non-hydrogen) atoms. The molecule has 102 valence electrons. The van der Waals surface area contributed by atoms with Crippen LogP contribution >= 0.6 is 0 Å². The first-order chi connectivity index (χ1) is 8.60. The normalized spacial score (nSPS) is 14.5. The van der Waals surface area contributed by atoms with Gasteiger partial charge in [-0.3, -0.25) is 0 Å². The van der Waals surface area contributed by atoms with Gasteiger partial charge in [0.1, 0.15) is 0 Å². The molecule has 1 N–H and O–H groups in total. The molecule has 0 saturated carbocycles. The Morgan fingerprint density at radius 3 is 2.67 bits per heavy atom. The Labute approximate surface area is 107 Å². The Morgan fingerprint density at radius 1 is 1.33 bits per heavy atom. The van der Waals surface area contributed by atoms with Crippen molar-refractivity contribution in [1.82, 2.24) is 5.32 Å². The van der Waals surface area contributed by atoms with Crippen LogP contribution in [-0.4, -0.2) is 19.8 Å². The van der Waals surface area contributed by atoms with E-state index in [1.54, 1.807) is 13.2 Å². The van der Waals surface area contributed by atoms with Crippen LogP contribution in [0.3, 0.4) is 0 Å². The molecule has 0 amide bonds. The van der Waals surface area contributed by atoms with E-state index < -0.39 is 11.6 Å². The number of methoxy groups -OCH3 is 1. The summed E-state index contributed by atoms with van der Waals surface area (Å²) in [6.07, 6.45) is 1.54. The predicted octanol–water partition coefficient (Wildman–Crippen LogP) is 3.43. The number of benzene rings is 1. The fraction of sp³-hybridized carbons (Fsp3) is 0.571. The molecular weight excluding hydrogens is 236 g/mol. The van der Waals surface area contributed by atoms with Gasteiger partial charge in [-0.15, -0.1) is 0 Å². The minimum absolute atomic E-state index is 0.0120. The third-order valence-corrected chi connectivity index (χ3v) is 2.97. The molecule has 1 aromatic carbocycles. The minimum atomic E-state index is -0.805. The second kappa shape index (κ2) is 7.44. The van der Waals surface area contributed by atoms with Gasteiger partial charge in [-0.1, -0.05) is 19.1 Å². The van der Waals surface area contributed by atoms with Gasteiger partial charge in [0.05, 0.1) is 6.10 Å². The van der Waals surface area contributed by atoms with E-state index >= 15 is 0 Å². The standard InChI is InChI=1S/C14H21F2NO/c1-4-8-17-13(9-10(2)18-3)11-6-5-7-12(15)14(11)16/h5-7,10,13,17H,4,8-9H2,1-3H3. The summed E-state index contributed by atoms with van der Waals surface area (Å²) in [5.74, 6) is -1.57. The topological polar surface area (TPSA) is 21.3 Å². The number of nitrogens with one attached hydrogen (secondary N) is 1. The lowest BCUT2D eigenvalue weighted by Crippen LogP contribution is -2.27. The van der Waals surface area contributed by atoms with Gasteiger partial charge >= 0.3 is 0 Å². The Bertz CT molecular complexity index is 371. The van der Waals surface area contributed by atoms with E-state index in [0.29, 0.717) is 12.0 Å². The first kappa shape index (κ1) is 15.1. The quantitative estimate of drug-likeness (QED) is 0.808. The van der Waals surface area contributed by atoms with Gasteiger partial charge in [0, 0.05) is 18.7 Å². The highest BCUT2D eigenvalue weighted by Gasteiger charge is 2.19. The van der Waals surface area contributed by atoms with Crippen LogP contribution in [0.2, 0.25) is 0 Å². The molecule has 0 spiro atoms. The zero-order chi connectivity index (χ0) is 13.5. The molecule has 0 fully saturated rings. The summed E-state index contributed by atoms with van der Waals surface area (Å²) in [5, 5.41) is 3.23. The van der Waals surface area contributed by atoms with Gasteiger partial charge in [0.25, 0.3) is 0 Å². The van der Waals surface area contributed by atoms with Crippen LogP contribution in [0.4, 0.5) is 8.78 Å². The lowest BCUT2D eigenvalue weighted by Gasteiger charge is -2.22. The van der Waals surface area contributed by atoms with Crippen LogP contribution in [0.15, 0.2) is 18.2 Å². The summed E-state index contributed by atoms with van der Waals surface area (Å²) in [6, 6.07) is 4.06. The lowest BCUT2D eigenvalue weighted by atomic mass is 10.00. The summed E-state index contributed by atoms with van der Waals surface area (Å²) in [7, 11) is 1.61. The fourth-order valence-corrected chi connectivity index (χ4v) is 1.86. The summed E-state index contributed by atoms with van der Waals surface area (Å²) in [6.45, 7) is 4.71. The van der Waals surface area contributed by atoms with E-state index in [2.05, 4.69) is 5.32 Å². The maximum atomic E-state index is 13.8. The van der Waals surface area contributed by atoms with E-state index in [4.69, 9.17) is 4.74 Å². The highest BCUT2D eigenvalue weighted by molar-refractivity contribution is 5.22. The second-order valence-electron chi connectivity index (χ2n) is 4.43. The number of hydrogen-bond donors (Lipinski definition) is 1. The van der Waals surface area contributed by atoms with Crippen molar-refractivity contribution in [1.29, 1.82) is 0 Å². The van der Waals surface area contributed by atoms with Crippen molar-refractivity contribution < 1.29 is 13.5 Å². The highest BCUT2D eigenvalue weighted by atomic mass is 19.2. The van der Waals surface area contributed by atoms with Gasteiger partial charge in [-0.25, -0.2) is 8.78 Å². The highest BCUT2D eigenvalue weighted by Crippen LogP contribution is 2.24. The molecule has 2 nitrogen and oxygen atoms in total. The first-order valence-electron chi connectivity index (χ1n) is 6.30. The van der Waals surface area contributed by atoms with Gasteiger partial charge in [0.15, 0.2) is 11.6 Å². The van der Waals surface area contributed by atoms with Crippen LogP contribution in [0.5, 0.6) is 0 Å². The largest absolute Gasteiger partial charge is 0.382 e. The molecule has 0 saturated heterocycles. The maximum Gasteiger partial charge on any atom is 0.163 e. The van der Waals surface area contributed by atoms with E-state index in [9.17, 15) is 8.78 Å². The molecule has 0 heterocycles. The molecule has 2 unspecified atom stereocenters. The Morgan fingerprint density at radius 2 is 2.06 bits per heavy atom. The summed E-state index contributed by atoms with van der Waals surface area (Å²) >= 11 is 0. The van der Waals surface area contributed by atoms with Gasteiger partial charge in [0.2, 0.25) is 0 Å². The third-order valence-electron chi connectivity index (χ3n) is 2.97. The van der Waals surface area contributed by atoms with E-state index in [-0.39, 0.29) is 12.1 Å². The predicted molar refractivity (Wildman–Crippen MR) is 68.5 cm³/mol. The van der Waals surface area contributed by atoms with Crippen LogP contribution < -0.4 is 5.32 Å². The van der Waals surface area contributed by atoms with Crippen molar-refractivity contribution in [3.63, 3.8) is 0 Å². The molecule has 0 aromatic heterocycles. The molecule has 4 heteroatoms. The summed E-state index contributed by atoms with van der Waals surface area (Å²) < 4.78 is 32.2. The Kier molecular flexibility index (Phi) is 6.22. The zero-order valence-electron chi connectivity index (χ0n) is 11.2. The second-order valence-corrected chi connectivity index (χ2v) is 4.43. The average molecular weight is 257 g/mol. The van der Waals surface area contributed by atoms with Crippen molar-refractivity contribution in [3.05, 3.63) is 35.4 Å². The van der Waals surface area contributed by atoms with Crippen LogP contribution in [-0.2, 0) is 4.74 Å². The Balaban J connectivity index is 2.90. The molecule has 0 radical (unpaired) electrons. The lowest BCUT2D eigenvalue weighted by molar-refractivity contribution is 0.0998. The summed E-state index contributed by atoms with van der Waals surface area (Å²) in [5.41, 5.74) is 0.368. The Hall–Kier alpha value is -1.00. The van der Waals surface area contributed by atoms with E-state index in [0.717, 1.165) is 19.0 Å². The molecule has 2 atom stereocenters. The van der Waals surface area contributed by atoms with Crippen molar-refractivity contribution in [2.75, 3.05) is 13.7 Å². The molecule has 0 aliphatic rings. The molecule has 1 aromatic rings. The fourth-order valence-electron chi connectivity index (χ4n) is 1.86. The van der Waals surface area contributed by atoms with Crippen LogP contribution in [0.1, 0.15) is 38.3 Å². The van der Waals surface area contributed by atoms with Gasteiger partial charge in [-0.2, -0.15) is 0 Å². The molecule has 1 rings (SSSR count). The average Bonchev–Trinajstić information content (AvgIpc) is 2.37. The number of ether oxygens (including phenoxy) is 1. The SMILES string of the molecule is CCCNC(CC(C)OC)c1cccc(F)c1F. The smallest absolute Gasteiger partial charge is 0.163 e. The molecule has 0 bridgehead atoms. The minimum Gasteiger partial charge on any atom is -0.382 e. The van der Waals surface area contributed by atoms with Crippen LogP contribution in [0.25, 0.3) is 0 Å². The monoisotopic (exact) mass is 257 g/mol. The van der Waals surface area contributed by atoms with Gasteiger partial charge < -0.3 is 10.1 Å².